The Morgan fingerprint density at radius 3 is 2.16 bits per heavy atom. The number of hydrogen-bond acceptors (Lipinski definition) is 0. The van der Waals surface area contributed by atoms with Crippen LogP contribution in [0.4, 0.5) is 0 Å². The molecule has 5 unspecified atom stereocenters. The third kappa shape index (κ3) is 5.93. The molecule has 282 valence electrons. The Bertz CT molecular complexity index is 2460. The molecule has 0 aromatic heterocycles. The van der Waals surface area contributed by atoms with Crippen LogP contribution in [-0.2, 0) is 5.41 Å². The van der Waals surface area contributed by atoms with Gasteiger partial charge in [-0.2, -0.15) is 0 Å². The summed E-state index contributed by atoms with van der Waals surface area (Å²) in [4.78, 5) is 0. The molecule has 0 N–H and O–H groups in total. The molecule has 0 heterocycles. The second kappa shape index (κ2) is 14.6. The van der Waals surface area contributed by atoms with Gasteiger partial charge in [0.15, 0.2) is 0 Å². The van der Waals surface area contributed by atoms with E-state index in [0.29, 0.717) is 23.7 Å². The van der Waals surface area contributed by atoms with E-state index in [1.807, 2.05) is 0 Å². The molecule has 0 saturated heterocycles. The van der Waals surface area contributed by atoms with E-state index in [-0.39, 0.29) is 5.41 Å². The van der Waals surface area contributed by atoms with Crippen molar-refractivity contribution in [3.8, 4) is 0 Å². The summed E-state index contributed by atoms with van der Waals surface area (Å²) in [6, 6.07) is 20.5. The summed E-state index contributed by atoms with van der Waals surface area (Å²) in [7, 11) is 0. The van der Waals surface area contributed by atoms with Crippen molar-refractivity contribution < 1.29 is 0 Å². The van der Waals surface area contributed by atoms with E-state index in [1.165, 1.54) is 40.7 Å². The quantitative estimate of drug-likeness (QED) is 0.265. The van der Waals surface area contributed by atoms with Gasteiger partial charge in [-0.25, -0.2) is 0 Å². The van der Waals surface area contributed by atoms with Crippen LogP contribution in [0.3, 0.4) is 0 Å². The smallest absolute Gasteiger partial charge is 0.0715 e. The lowest BCUT2D eigenvalue weighted by Gasteiger charge is -2.36. The first-order chi connectivity index (χ1) is 28.3. The molecule has 0 saturated carbocycles. The Morgan fingerprint density at radius 2 is 1.39 bits per heavy atom. The number of allylic oxidation sites excluding steroid dienone is 28. The number of rotatable bonds is 7. The number of hydrogen-bond donors (Lipinski definition) is 0. The van der Waals surface area contributed by atoms with Crippen molar-refractivity contribution in [3.63, 3.8) is 0 Å². The van der Waals surface area contributed by atoms with Crippen molar-refractivity contribution >= 4 is 5.57 Å². The van der Waals surface area contributed by atoms with E-state index in [1.54, 1.807) is 50.2 Å². The first-order valence-corrected chi connectivity index (χ1v) is 22.1. The van der Waals surface area contributed by atoms with Gasteiger partial charge in [-0.3, -0.25) is 0 Å². The summed E-state index contributed by atoms with van der Waals surface area (Å²) in [6.07, 6.45) is 55.7. The lowest BCUT2D eigenvalue weighted by atomic mass is 9.65. The van der Waals surface area contributed by atoms with E-state index in [4.69, 9.17) is 0 Å². The Hall–Kier alpha value is -5.20. The first kappa shape index (κ1) is 35.0. The molecular formula is C57H54. The van der Waals surface area contributed by atoms with Gasteiger partial charge in [0.25, 0.3) is 0 Å². The van der Waals surface area contributed by atoms with Gasteiger partial charge in [0.1, 0.15) is 0 Å². The van der Waals surface area contributed by atoms with Crippen molar-refractivity contribution in [1.82, 2.24) is 0 Å². The Labute approximate surface area is 340 Å². The van der Waals surface area contributed by atoms with Crippen LogP contribution in [0.2, 0.25) is 0 Å². The molecule has 5 atom stereocenters. The maximum absolute atomic E-state index is 2.70. The minimum Gasteiger partial charge on any atom is -0.0839 e. The Morgan fingerprint density at radius 1 is 0.579 bits per heavy atom. The highest BCUT2D eigenvalue weighted by Gasteiger charge is 2.54. The second-order valence-electron chi connectivity index (χ2n) is 17.8. The van der Waals surface area contributed by atoms with Crippen molar-refractivity contribution in [1.29, 1.82) is 0 Å². The predicted molar refractivity (Wildman–Crippen MR) is 239 cm³/mol. The van der Waals surface area contributed by atoms with Crippen molar-refractivity contribution in [2.75, 3.05) is 0 Å². The van der Waals surface area contributed by atoms with Gasteiger partial charge in [-0.05, 0) is 155 Å². The molecule has 2 aromatic rings. The molecule has 0 bridgehead atoms. The molecule has 0 radical (unpaired) electrons. The summed E-state index contributed by atoms with van der Waals surface area (Å²) in [5.74, 6) is 2.02. The Kier molecular flexibility index (Phi) is 8.98. The van der Waals surface area contributed by atoms with Crippen molar-refractivity contribution in [3.05, 3.63) is 230 Å². The van der Waals surface area contributed by atoms with E-state index < -0.39 is 0 Å². The molecule has 0 amide bonds. The van der Waals surface area contributed by atoms with Gasteiger partial charge in [-0.1, -0.05) is 163 Å². The van der Waals surface area contributed by atoms with Gasteiger partial charge >= 0.3 is 0 Å². The zero-order valence-corrected chi connectivity index (χ0v) is 33.3. The topological polar surface area (TPSA) is 0 Å². The molecule has 2 aromatic carbocycles. The summed E-state index contributed by atoms with van der Waals surface area (Å²) in [6.45, 7) is 0. The highest BCUT2D eigenvalue weighted by atomic mass is 14.6. The van der Waals surface area contributed by atoms with Crippen LogP contribution in [0.5, 0.6) is 0 Å². The van der Waals surface area contributed by atoms with Crippen LogP contribution in [0.25, 0.3) is 5.57 Å². The summed E-state index contributed by atoms with van der Waals surface area (Å²) in [5, 5.41) is 0. The molecule has 1 spiro atoms. The number of fused-ring (bicyclic) bond motifs is 7. The fraction of sp³-hybridized carbons (Fsp3) is 0.298. The van der Waals surface area contributed by atoms with Crippen LogP contribution in [0.1, 0.15) is 99.7 Å². The average molecular weight is 739 g/mol. The monoisotopic (exact) mass is 738 g/mol. The summed E-state index contributed by atoms with van der Waals surface area (Å²) >= 11 is 0. The van der Waals surface area contributed by atoms with Gasteiger partial charge in [0.2, 0.25) is 0 Å². The van der Waals surface area contributed by atoms with Crippen molar-refractivity contribution in [2.24, 2.45) is 17.8 Å². The molecule has 9 aliphatic carbocycles. The highest BCUT2D eigenvalue weighted by molar-refractivity contribution is 5.92. The molecule has 0 fully saturated rings. The minimum absolute atomic E-state index is 0.152. The lowest BCUT2D eigenvalue weighted by Crippen LogP contribution is -2.29. The molecule has 0 heteroatoms. The molecule has 57 heavy (non-hydrogen) atoms. The molecule has 0 nitrogen and oxygen atoms in total. The maximum atomic E-state index is 2.70. The van der Waals surface area contributed by atoms with E-state index in [9.17, 15) is 0 Å². The van der Waals surface area contributed by atoms with Crippen LogP contribution in [0, 0.1) is 17.8 Å². The van der Waals surface area contributed by atoms with Crippen LogP contribution >= 0.6 is 0 Å². The third-order valence-corrected chi connectivity index (χ3v) is 14.8. The van der Waals surface area contributed by atoms with Gasteiger partial charge in [0, 0.05) is 17.8 Å². The maximum Gasteiger partial charge on any atom is 0.0715 e. The molecule has 11 rings (SSSR count). The van der Waals surface area contributed by atoms with E-state index >= 15 is 0 Å². The zero-order chi connectivity index (χ0) is 37.8. The Balaban J connectivity index is 0.915. The molecular weight excluding hydrogens is 685 g/mol. The fourth-order valence-corrected chi connectivity index (χ4v) is 12.0. The van der Waals surface area contributed by atoms with Gasteiger partial charge in [0.05, 0.1) is 5.41 Å². The predicted octanol–water partition coefficient (Wildman–Crippen LogP) is 14.7. The minimum atomic E-state index is -0.152. The lowest BCUT2D eigenvalue weighted by molar-refractivity contribution is 0.497. The SMILES string of the molecule is C1=CCC(C2=CCC(CC(C3=CCC(c4ccccc4)C=C3)C3=CC=C(C4=CC5=C(CC4)C4=C(C=CCC4)C54C5=C(CCC=C5)c5ccccc54)CC3)C=C2)C=C1. The highest BCUT2D eigenvalue weighted by Crippen LogP contribution is 2.65. The van der Waals surface area contributed by atoms with E-state index in [2.05, 4.69) is 158 Å². The standard InChI is InChI=1S/C57H54/c1-3-13-40(14-4-1)42-25-23-39(24-26-42)37-52(45-31-27-43(28-32-45)41-15-5-2-6-16-41)46-33-29-44(30-34-46)47-35-36-51-50-19-9-12-22-55(50)57(56(51)38-47)53-20-10-7-17-48(53)49-18-8-11-21-54(49)57/h1-7,10-13,15-17,20-23,25-27,29,31-33,38-40,43,52H,8-9,14,18-19,24,28,30,34-37H2. The largest absolute Gasteiger partial charge is 0.0839 e. The number of benzene rings is 2. The third-order valence-electron chi connectivity index (χ3n) is 14.8. The summed E-state index contributed by atoms with van der Waals surface area (Å²) < 4.78 is 0. The van der Waals surface area contributed by atoms with Gasteiger partial charge < -0.3 is 0 Å². The van der Waals surface area contributed by atoms with Crippen LogP contribution < -0.4 is 0 Å². The van der Waals surface area contributed by atoms with Gasteiger partial charge in [-0.15, -0.1) is 0 Å². The summed E-state index contributed by atoms with van der Waals surface area (Å²) in [5.41, 5.74) is 21.7. The average Bonchev–Trinajstić information content (AvgIpc) is 3.76. The molecule has 9 aliphatic rings. The second-order valence-corrected chi connectivity index (χ2v) is 17.8. The zero-order valence-electron chi connectivity index (χ0n) is 33.3. The first-order valence-electron chi connectivity index (χ1n) is 22.1. The van der Waals surface area contributed by atoms with Crippen molar-refractivity contribution in [2.45, 2.75) is 88.4 Å². The van der Waals surface area contributed by atoms with E-state index in [0.717, 1.165) is 64.2 Å². The fourth-order valence-electron chi connectivity index (χ4n) is 12.0. The normalized spacial score (nSPS) is 28.8. The van der Waals surface area contributed by atoms with Crippen LogP contribution in [-0.4, -0.2) is 0 Å². The van der Waals surface area contributed by atoms with Crippen LogP contribution in [0.15, 0.2) is 214 Å². The molecule has 0 aliphatic heterocycles.